The van der Waals surface area contributed by atoms with Gasteiger partial charge < -0.3 is 9.84 Å². The molecule has 0 aliphatic heterocycles. The van der Waals surface area contributed by atoms with E-state index in [9.17, 15) is 5.11 Å². The normalized spacial score (nSPS) is 12.6. The van der Waals surface area contributed by atoms with Gasteiger partial charge in [0.15, 0.2) is 0 Å². The van der Waals surface area contributed by atoms with Crippen LogP contribution in [-0.2, 0) is 17.9 Å². The zero-order valence-electron chi connectivity index (χ0n) is 11.7. The van der Waals surface area contributed by atoms with Gasteiger partial charge >= 0.3 is 0 Å². The van der Waals surface area contributed by atoms with E-state index in [2.05, 4.69) is 5.10 Å². The van der Waals surface area contributed by atoms with Crippen LogP contribution in [0.4, 0.5) is 0 Å². The van der Waals surface area contributed by atoms with Gasteiger partial charge in [-0.3, -0.25) is 4.68 Å². The van der Waals surface area contributed by atoms with Crippen LogP contribution in [0, 0.1) is 0 Å². The predicted molar refractivity (Wildman–Crippen MR) is 81.8 cm³/mol. The van der Waals surface area contributed by atoms with Crippen molar-refractivity contribution in [3.05, 3.63) is 66.4 Å². The lowest BCUT2D eigenvalue weighted by Gasteiger charge is -2.12. The molecule has 0 saturated heterocycles. The van der Waals surface area contributed by atoms with Crippen molar-refractivity contribution >= 4 is 10.9 Å². The first-order valence-corrected chi connectivity index (χ1v) is 7.03. The van der Waals surface area contributed by atoms with Crippen LogP contribution in [0.3, 0.4) is 0 Å². The third kappa shape index (κ3) is 3.48. The molecule has 1 N–H and O–H groups in total. The molecular formula is C17H18N2O2. The minimum atomic E-state index is -0.572. The van der Waals surface area contributed by atoms with Crippen LogP contribution in [0.2, 0.25) is 0 Å². The van der Waals surface area contributed by atoms with E-state index in [0.717, 1.165) is 16.5 Å². The Bertz CT molecular complexity index is 694. The summed E-state index contributed by atoms with van der Waals surface area (Å²) >= 11 is 0. The number of rotatable bonds is 6. The van der Waals surface area contributed by atoms with E-state index in [4.69, 9.17) is 4.74 Å². The molecule has 0 aliphatic carbocycles. The molecule has 0 radical (unpaired) electrons. The van der Waals surface area contributed by atoms with Crippen molar-refractivity contribution in [2.45, 2.75) is 19.3 Å². The summed E-state index contributed by atoms with van der Waals surface area (Å²) in [4.78, 5) is 0. The lowest BCUT2D eigenvalue weighted by atomic mass is 10.2. The van der Waals surface area contributed by atoms with E-state index in [1.807, 2.05) is 65.5 Å². The number of para-hydroxylation sites is 1. The predicted octanol–water partition coefficient (Wildman–Crippen LogP) is 2.61. The van der Waals surface area contributed by atoms with Crippen molar-refractivity contribution < 1.29 is 9.84 Å². The van der Waals surface area contributed by atoms with Crippen LogP contribution >= 0.6 is 0 Å². The maximum absolute atomic E-state index is 10.1. The molecule has 1 atom stereocenters. The molecule has 4 nitrogen and oxygen atoms in total. The third-order valence-electron chi connectivity index (χ3n) is 3.36. The highest BCUT2D eigenvalue weighted by atomic mass is 16.5. The van der Waals surface area contributed by atoms with Gasteiger partial charge in [-0.2, -0.15) is 5.10 Å². The summed E-state index contributed by atoms with van der Waals surface area (Å²) in [6.45, 7) is 1.24. The first kappa shape index (κ1) is 13.8. The lowest BCUT2D eigenvalue weighted by Crippen LogP contribution is -2.22. The summed E-state index contributed by atoms with van der Waals surface area (Å²) in [6.07, 6.45) is 1.24. The summed E-state index contributed by atoms with van der Waals surface area (Å²) in [6, 6.07) is 17.9. The Morgan fingerprint density at radius 2 is 1.81 bits per heavy atom. The van der Waals surface area contributed by atoms with Gasteiger partial charge in [-0.05, 0) is 11.6 Å². The van der Waals surface area contributed by atoms with Crippen molar-refractivity contribution in [1.29, 1.82) is 0 Å². The van der Waals surface area contributed by atoms with Gasteiger partial charge in [0.2, 0.25) is 0 Å². The van der Waals surface area contributed by atoms with Crippen LogP contribution in [0.1, 0.15) is 5.56 Å². The number of aliphatic hydroxyl groups excluding tert-OH is 1. The Balaban J connectivity index is 1.53. The molecule has 0 spiro atoms. The molecule has 0 bridgehead atoms. The Hall–Kier alpha value is -2.17. The lowest BCUT2D eigenvalue weighted by molar-refractivity contribution is 0.0193. The number of hydrogen-bond acceptors (Lipinski definition) is 3. The van der Waals surface area contributed by atoms with E-state index in [-0.39, 0.29) is 0 Å². The number of ether oxygens (including phenoxy) is 1. The molecule has 1 aromatic heterocycles. The minimum Gasteiger partial charge on any atom is -0.389 e. The number of aromatic nitrogens is 2. The summed E-state index contributed by atoms with van der Waals surface area (Å²) in [5.41, 5.74) is 2.13. The molecule has 2 aromatic carbocycles. The summed E-state index contributed by atoms with van der Waals surface area (Å²) in [5, 5.41) is 15.5. The van der Waals surface area contributed by atoms with Crippen molar-refractivity contribution in [3.63, 3.8) is 0 Å². The van der Waals surface area contributed by atoms with E-state index < -0.39 is 6.10 Å². The van der Waals surface area contributed by atoms with Gasteiger partial charge in [0.1, 0.15) is 0 Å². The van der Waals surface area contributed by atoms with Crippen LogP contribution < -0.4 is 0 Å². The minimum absolute atomic E-state index is 0.295. The fourth-order valence-corrected chi connectivity index (χ4v) is 2.31. The fraction of sp³-hybridized carbons (Fsp3) is 0.235. The van der Waals surface area contributed by atoms with Gasteiger partial charge in [0.25, 0.3) is 0 Å². The summed E-state index contributed by atoms with van der Waals surface area (Å²) in [5.74, 6) is 0. The summed E-state index contributed by atoms with van der Waals surface area (Å²) < 4.78 is 7.36. The quantitative estimate of drug-likeness (QED) is 0.756. The maximum Gasteiger partial charge on any atom is 0.0969 e. The first-order chi connectivity index (χ1) is 10.3. The molecule has 21 heavy (non-hydrogen) atoms. The molecule has 0 aliphatic rings. The molecule has 0 saturated carbocycles. The second kappa shape index (κ2) is 6.52. The van der Waals surface area contributed by atoms with Gasteiger partial charge in [-0.15, -0.1) is 0 Å². The number of nitrogens with zero attached hydrogens (tertiary/aromatic N) is 2. The number of aliphatic hydroxyl groups is 1. The number of hydrogen-bond donors (Lipinski definition) is 1. The van der Waals surface area contributed by atoms with Gasteiger partial charge in [0, 0.05) is 5.39 Å². The number of fused-ring (bicyclic) bond motifs is 1. The Labute approximate surface area is 123 Å². The highest BCUT2D eigenvalue weighted by Crippen LogP contribution is 2.13. The van der Waals surface area contributed by atoms with E-state index in [0.29, 0.717) is 19.8 Å². The molecule has 0 fully saturated rings. The van der Waals surface area contributed by atoms with E-state index in [1.165, 1.54) is 0 Å². The molecule has 4 heteroatoms. The molecule has 1 unspecified atom stereocenters. The maximum atomic E-state index is 10.1. The standard InChI is InChI=1S/C17H18N2O2/c20-16(13-21-12-14-6-2-1-3-7-14)11-19-17-9-5-4-8-15(17)10-18-19/h1-10,16,20H,11-13H2. The average molecular weight is 282 g/mol. The van der Waals surface area contributed by atoms with Crippen molar-refractivity contribution in [2.75, 3.05) is 6.61 Å². The Morgan fingerprint density at radius 1 is 1.05 bits per heavy atom. The molecule has 1 heterocycles. The second-order valence-corrected chi connectivity index (χ2v) is 5.04. The van der Waals surface area contributed by atoms with E-state index >= 15 is 0 Å². The molecular weight excluding hydrogens is 264 g/mol. The second-order valence-electron chi connectivity index (χ2n) is 5.04. The Kier molecular flexibility index (Phi) is 4.28. The highest BCUT2D eigenvalue weighted by Gasteiger charge is 2.09. The highest BCUT2D eigenvalue weighted by molar-refractivity contribution is 5.78. The smallest absolute Gasteiger partial charge is 0.0969 e. The van der Waals surface area contributed by atoms with Crippen LogP contribution in [0.5, 0.6) is 0 Å². The zero-order chi connectivity index (χ0) is 14.5. The third-order valence-corrected chi connectivity index (χ3v) is 3.36. The SMILES string of the molecule is OC(COCc1ccccc1)Cn1ncc2ccccc21. The van der Waals surface area contributed by atoms with Gasteiger partial charge in [0.05, 0.1) is 37.6 Å². The van der Waals surface area contributed by atoms with Gasteiger partial charge in [-0.1, -0.05) is 48.5 Å². The topological polar surface area (TPSA) is 47.3 Å². The molecule has 3 rings (SSSR count). The average Bonchev–Trinajstić information content (AvgIpc) is 2.92. The number of benzene rings is 2. The van der Waals surface area contributed by atoms with Crippen molar-refractivity contribution in [2.24, 2.45) is 0 Å². The van der Waals surface area contributed by atoms with Crippen LogP contribution in [0.15, 0.2) is 60.8 Å². The molecule has 0 amide bonds. The van der Waals surface area contributed by atoms with Crippen molar-refractivity contribution in [3.8, 4) is 0 Å². The molecule has 3 aromatic rings. The largest absolute Gasteiger partial charge is 0.389 e. The zero-order valence-corrected chi connectivity index (χ0v) is 11.7. The molecule has 108 valence electrons. The van der Waals surface area contributed by atoms with Crippen LogP contribution in [0.25, 0.3) is 10.9 Å². The van der Waals surface area contributed by atoms with Crippen molar-refractivity contribution in [1.82, 2.24) is 9.78 Å². The monoisotopic (exact) mass is 282 g/mol. The first-order valence-electron chi connectivity index (χ1n) is 7.03. The van der Waals surface area contributed by atoms with E-state index in [1.54, 1.807) is 0 Å². The fourth-order valence-electron chi connectivity index (χ4n) is 2.31. The summed E-state index contributed by atoms with van der Waals surface area (Å²) in [7, 11) is 0. The van der Waals surface area contributed by atoms with Crippen LogP contribution in [-0.4, -0.2) is 27.6 Å². The Morgan fingerprint density at radius 3 is 2.67 bits per heavy atom. The van der Waals surface area contributed by atoms with Gasteiger partial charge in [-0.25, -0.2) is 0 Å².